The summed E-state index contributed by atoms with van der Waals surface area (Å²) >= 11 is 6.03. The molecule has 1 atom stereocenters. The van der Waals surface area contributed by atoms with Gasteiger partial charge in [0.15, 0.2) is 0 Å². The molecule has 0 nitrogen and oxygen atoms in total. The Bertz CT molecular complexity index is 338. The van der Waals surface area contributed by atoms with E-state index in [2.05, 4.69) is 0 Å². The summed E-state index contributed by atoms with van der Waals surface area (Å²) in [6.45, 7) is 3.81. The SMILES string of the molecule is CCC(CC)C(Cl)c1c(F)cc(F)cc1F. The van der Waals surface area contributed by atoms with Gasteiger partial charge in [0, 0.05) is 17.7 Å². The lowest BCUT2D eigenvalue weighted by atomic mass is 9.93. The van der Waals surface area contributed by atoms with Crippen LogP contribution in [0.1, 0.15) is 37.6 Å². The van der Waals surface area contributed by atoms with E-state index in [4.69, 9.17) is 11.6 Å². The molecule has 1 rings (SSSR count). The van der Waals surface area contributed by atoms with Gasteiger partial charge in [0.05, 0.1) is 5.38 Å². The molecule has 0 amide bonds. The van der Waals surface area contributed by atoms with E-state index in [-0.39, 0.29) is 11.5 Å². The molecular formula is C12H14ClF3. The van der Waals surface area contributed by atoms with Gasteiger partial charge in [0.25, 0.3) is 0 Å². The van der Waals surface area contributed by atoms with Crippen LogP contribution in [0.5, 0.6) is 0 Å². The van der Waals surface area contributed by atoms with Crippen LogP contribution in [0.2, 0.25) is 0 Å². The molecule has 0 heterocycles. The van der Waals surface area contributed by atoms with E-state index in [0.29, 0.717) is 12.1 Å². The largest absolute Gasteiger partial charge is 0.207 e. The third kappa shape index (κ3) is 2.70. The second-order valence-corrected chi connectivity index (χ2v) is 4.23. The number of hydrogen-bond acceptors (Lipinski definition) is 0. The minimum Gasteiger partial charge on any atom is -0.207 e. The average molecular weight is 251 g/mol. The zero-order valence-corrected chi connectivity index (χ0v) is 9.99. The quantitative estimate of drug-likeness (QED) is 0.672. The Morgan fingerprint density at radius 1 is 1.06 bits per heavy atom. The van der Waals surface area contributed by atoms with E-state index in [9.17, 15) is 13.2 Å². The third-order valence-corrected chi connectivity index (χ3v) is 3.36. The van der Waals surface area contributed by atoms with Crippen molar-refractivity contribution in [1.82, 2.24) is 0 Å². The summed E-state index contributed by atoms with van der Waals surface area (Å²) in [6, 6.07) is 1.33. The number of halogens is 4. The van der Waals surface area contributed by atoms with Crippen LogP contribution in [-0.4, -0.2) is 0 Å². The molecular weight excluding hydrogens is 237 g/mol. The summed E-state index contributed by atoms with van der Waals surface area (Å²) in [5.74, 6) is -2.77. The third-order valence-electron chi connectivity index (χ3n) is 2.78. The first-order valence-corrected chi connectivity index (χ1v) is 5.73. The minimum atomic E-state index is -0.924. The van der Waals surface area contributed by atoms with Crippen LogP contribution >= 0.6 is 11.6 Å². The molecule has 0 fully saturated rings. The fraction of sp³-hybridized carbons (Fsp3) is 0.500. The maximum absolute atomic E-state index is 13.4. The van der Waals surface area contributed by atoms with Crippen LogP contribution < -0.4 is 0 Å². The van der Waals surface area contributed by atoms with Crippen molar-refractivity contribution in [2.24, 2.45) is 5.92 Å². The van der Waals surface area contributed by atoms with Gasteiger partial charge in [-0.3, -0.25) is 0 Å². The van der Waals surface area contributed by atoms with E-state index in [0.717, 1.165) is 12.8 Å². The van der Waals surface area contributed by atoms with Crippen molar-refractivity contribution in [3.63, 3.8) is 0 Å². The zero-order valence-electron chi connectivity index (χ0n) is 9.24. The molecule has 0 aliphatic carbocycles. The van der Waals surface area contributed by atoms with E-state index < -0.39 is 22.8 Å². The molecule has 0 N–H and O–H groups in total. The fourth-order valence-corrected chi connectivity index (χ4v) is 2.32. The van der Waals surface area contributed by atoms with Gasteiger partial charge in [-0.15, -0.1) is 11.6 Å². The predicted molar refractivity (Wildman–Crippen MR) is 59.0 cm³/mol. The minimum absolute atomic E-state index is 0.0175. The van der Waals surface area contributed by atoms with Crippen molar-refractivity contribution >= 4 is 11.6 Å². The Balaban J connectivity index is 3.12. The lowest BCUT2D eigenvalue weighted by Gasteiger charge is -2.20. The summed E-state index contributed by atoms with van der Waals surface area (Å²) in [6.07, 6.45) is 1.45. The maximum atomic E-state index is 13.4. The van der Waals surface area contributed by atoms with Crippen LogP contribution in [0.25, 0.3) is 0 Å². The topological polar surface area (TPSA) is 0 Å². The van der Waals surface area contributed by atoms with Crippen molar-refractivity contribution in [3.05, 3.63) is 35.1 Å². The molecule has 1 aromatic rings. The van der Waals surface area contributed by atoms with Crippen LogP contribution in [0.15, 0.2) is 12.1 Å². The summed E-state index contributed by atoms with van der Waals surface area (Å²) in [5.41, 5.74) is -0.225. The Morgan fingerprint density at radius 3 is 1.88 bits per heavy atom. The molecule has 16 heavy (non-hydrogen) atoms. The Kier molecular flexibility index (Phi) is 4.66. The fourth-order valence-electron chi connectivity index (χ4n) is 1.76. The normalized spacial score (nSPS) is 13.2. The van der Waals surface area contributed by atoms with E-state index >= 15 is 0 Å². The monoisotopic (exact) mass is 250 g/mol. The highest BCUT2D eigenvalue weighted by atomic mass is 35.5. The smallest absolute Gasteiger partial charge is 0.133 e. The number of alkyl halides is 1. The van der Waals surface area contributed by atoms with Gasteiger partial charge in [-0.2, -0.15) is 0 Å². The van der Waals surface area contributed by atoms with Crippen molar-refractivity contribution < 1.29 is 13.2 Å². The standard InChI is InChI=1S/C12H14ClF3/c1-3-7(4-2)12(13)11-9(15)5-8(14)6-10(11)16/h5-7,12H,3-4H2,1-2H3. The maximum Gasteiger partial charge on any atom is 0.133 e. The molecule has 90 valence electrons. The molecule has 0 saturated heterocycles. The zero-order chi connectivity index (χ0) is 12.3. The van der Waals surface area contributed by atoms with E-state index in [1.54, 1.807) is 0 Å². The first-order valence-electron chi connectivity index (χ1n) is 5.29. The summed E-state index contributed by atoms with van der Waals surface area (Å²) in [5, 5.41) is -0.754. The Labute approximate surface area is 98.4 Å². The summed E-state index contributed by atoms with van der Waals surface area (Å²) < 4.78 is 39.6. The lowest BCUT2D eigenvalue weighted by molar-refractivity contribution is 0.440. The Hall–Kier alpha value is -0.700. The van der Waals surface area contributed by atoms with Gasteiger partial charge in [-0.05, 0) is 5.92 Å². The molecule has 1 aromatic carbocycles. The van der Waals surface area contributed by atoms with Gasteiger partial charge in [0.1, 0.15) is 17.5 Å². The molecule has 0 spiro atoms. The van der Waals surface area contributed by atoms with Gasteiger partial charge in [0.2, 0.25) is 0 Å². The van der Waals surface area contributed by atoms with Crippen molar-refractivity contribution in [3.8, 4) is 0 Å². The van der Waals surface area contributed by atoms with Gasteiger partial charge < -0.3 is 0 Å². The first-order chi connectivity index (χ1) is 7.51. The van der Waals surface area contributed by atoms with Gasteiger partial charge in [-0.1, -0.05) is 26.7 Å². The average Bonchev–Trinajstić information content (AvgIpc) is 2.17. The Morgan fingerprint density at radius 2 is 1.50 bits per heavy atom. The van der Waals surface area contributed by atoms with Gasteiger partial charge >= 0.3 is 0 Å². The molecule has 1 unspecified atom stereocenters. The second kappa shape index (κ2) is 5.58. The van der Waals surface area contributed by atoms with Crippen molar-refractivity contribution in [2.45, 2.75) is 32.1 Å². The molecule has 0 aliphatic rings. The van der Waals surface area contributed by atoms with Crippen LogP contribution in [0.3, 0.4) is 0 Å². The number of hydrogen-bond donors (Lipinski definition) is 0. The number of benzene rings is 1. The molecule has 4 heteroatoms. The molecule has 0 saturated carbocycles. The predicted octanol–water partition coefficient (Wildman–Crippen LogP) is 4.82. The molecule has 0 radical (unpaired) electrons. The van der Waals surface area contributed by atoms with E-state index in [1.165, 1.54) is 0 Å². The van der Waals surface area contributed by atoms with E-state index in [1.807, 2.05) is 13.8 Å². The summed E-state index contributed by atoms with van der Waals surface area (Å²) in [7, 11) is 0. The van der Waals surface area contributed by atoms with Crippen LogP contribution in [-0.2, 0) is 0 Å². The highest BCUT2D eigenvalue weighted by Crippen LogP contribution is 2.36. The first kappa shape index (κ1) is 13.4. The molecule has 0 aromatic heterocycles. The lowest BCUT2D eigenvalue weighted by Crippen LogP contribution is -2.10. The van der Waals surface area contributed by atoms with Gasteiger partial charge in [-0.25, -0.2) is 13.2 Å². The molecule has 0 aliphatic heterocycles. The van der Waals surface area contributed by atoms with Crippen LogP contribution in [0, 0.1) is 23.4 Å². The van der Waals surface area contributed by atoms with Crippen molar-refractivity contribution in [2.75, 3.05) is 0 Å². The number of rotatable bonds is 4. The highest BCUT2D eigenvalue weighted by molar-refractivity contribution is 6.21. The second-order valence-electron chi connectivity index (χ2n) is 3.76. The van der Waals surface area contributed by atoms with Crippen LogP contribution in [0.4, 0.5) is 13.2 Å². The molecule has 0 bridgehead atoms. The van der Waals surface area contributed by atoms with Crippen molar-refractivity contribution in [1.29, 1.82) is 0 Å². The highest BCUT2D eigenvalue weighted by Gasteiger charge is 2.25. The summed E-state index contributed by atoms with van der Waals surface area (Å²) in [4.78, 5) is 0.